The standard InChI is InChI=1S/C11H21O7P/c1-2-3-4-5-6-7-11(13)17-8-10(12)9-18-19(14,15)16/h2-9H2,1H3,(H2,14,15,16). The largest absolute Gasteiger partial charge is 0.470 e. The van der Waals surface area contributed by atoms with Gasteiger partial charge >= 0.3 is 13.8 Å². The Hall–Kier alpha value is -0.750. The zero-order chi connectivity index (χ0) is 14.7. The van der Waals surface area contributed by atoms with Crippen molar-refractivity contribution in [2.24, 2.45) is 0 Å². The molecule has 0 saturated heterocycles. The number of phosphoric acid groups is 1. The second-order valence-electron chi connectivity index (χ2n) is 4.13. The van der Waals surface area contributed by atoms with Crippen LogP contribution in [0.3, 0.4) is 0 Å². The van der Waals surface area contributed by atoms with Gasteiger partial charge in [-0.2, -0.15) is 0 Å². The molecule has 0 aromatic rings. The fourth-order valence-electron chi connectivity index (χ4n) is 1.30. The average Bonchev–Trinajstić information content (AvgIpc) is 2.32. The third-order valence-electron chi connectivity index (χ3n) is 2.27. The van der Waals surface area contributed by atoms with E-state index in [4.69, 9.17) is 9.79 Å². The number of carbonyl (C=O) groups is 2. The summed E-state index contributed by atoms with van der Waals surface area (Å²) in [6.07, 6.45) is 5.23. The van der Waals surface area contributed by atoms with Crippen LogP contribution < -0.4 is 0 Å². The van der Waals surface area contributed by atoms with Crippen molar-refractivity contribution >= 4 is 19.6 Å². The number of esters is 1. The number of ether oxygens (including phenoxy) is 1. The number of carbonyl (C=O) groups excluding carboxylic acids is 2. The summed E-state index contributed by atoms with van der Waals surface area (Å²) in [6.45, 7) is 0.807. The maximum atomic E-state index is 11.2. The first-order chi connectivity index (χ1) is 8.85. The number of unbranched alkanes of at least 4 members (excludes halogenated alkanes) is 4. The van der Waals surface area contributed by atoms with Gasteiger partial charge in [-0.1, -0.05) is 32.6 Å². The number of rotatable bonds is 11. The van der Waals surface area contributed by atoms with E-state index in [-0.39, 0.29) is 6.42 Å². The zero-order valence-electron chi connectivity index (χ0n) is 11.0. The number of ketones is 1. The van der Waals surface area contributed by atoms with Gasteiger partial charge in [0.25, 0.3) is 0 Å². The topological polar surface area (TPSA) is 110 Å². The molecule has 0 aromatic heterocycles. The highest BCUT2D eigenvalue weighted by atomic mass is 31.2. The van der Waals surface area contributed by atoms with Crippen LogP contribution in [-0.2, 0) is 23.4 Å². The molecule has 0 fully saturated rings. The Balaban J connectivity index is 3.56. The minimum absolute atomic E-state index is 0.246. The Morgan fingerprint density at radius 1 is 1.05 bits per heavy atom. The molecule has 0 saturated carbocycles. The number of hydrogen-bond donors (Lipinski definition) is 2. The molecule has 0 atom stereocenters. The molecule has 7 nitrogen and oxygen atoms in total. The summed E-state index contributed by atoms with van der Waals surface area (Å²) >= 11 is 0. The average molecular weight is 296 g/mol. The van der Waals surface area contributed by atoms with E-state index in [9.17, 15) is 14.2 Å². The quantitative estimate of drug-likeness (QED) is 0.338. The lowest BCUT2D eigenvalue weighted by molar-refractivity contribution is -0.148. The fourth-order valence-corrected chi connectivity index (χ4v) is 1.62. The third-order valence-corrected chi connectivity index (χ3v) is 2.74. The summed E-state index contributed by atoms with van der Waals surface area (Å²) in [5.41, 5.74) is 0. The molecule has 0 unspecified atom stereocenters. The van der Waals surface area contributed by atoms with Gasteiger partial charge in [0.05, 0.1) is 0 Å². The van der Waals surface area contributed by atoms with Crippen LogP contribution in [0.5, 0.6) is 0 Å². The molecule has 8 heteroatoms. The molecule has 0 heterocycles. The molecular weight excluding hydrogens is 275 g/mol. The van der Waals surface area contributed by atoms with Gasteiger partial charge in [-0.3, -0.25) is 14.1 Å². The Bertz CT molecular complexity index is 323. The molecule has 0 aliphatic carbocycles. The maximum absolute atomic E-state index is 11.2. The van der Waals surface area contributed by atoms with Gasteiger partial charge in [0.15, 0.2) is 12.4 Å². The highest BCUT2D eigenvalue weighted by Crippen LogP contribution is 2.35. The van der Waals surface area contributed by atoms with Crippen LogP contribution >= 0.6 is 7.82 Å². The fraction of sp³-hybridized carbons (Fsp3) is 0.818. The van der Waals surface area contributed by atoms with Crippen molar-refractivity contribution in [1.29, 1.82) is 0 Å². The lowest BCUT2D eigenvalue weighted by atomic mass is 10.1. The van der Waals surface area contributed by atoms with E-state index in [0.717, 1.165) is 25.7 Å². The Morgan fingerprint density at radius 2 is 1.68 bits per heavy atom. The minimum Gasteiger partial charge on any atom is -0.458 e. The van der Waals surface area contributed by atoms with Crippen LogP contribution in [0.4, 0.5) is 0 Å². The monoisotopic (exact) mass is 296 g/mol. The van der Waals surface area contributed by atoms with Gasteiger partial charge in [0, 0.05) is 6.42 Å². The summed E-state index contributed by atoms with van der Waals surface area (Å²) in [6, 6.07) is 0. The van der Waals surface area contributed by atoms with Crippen LogP contribution in [0, 0.1) is 0 Å². The van der Waals surface area contributed by atoms with Crippen LogP contribution in [-0.4, -0.2) is 34.8 Å². The number of Topliss-reactive ketones (excluding diaryl/α,β-unsaturated/α-hetero) is 1. The van der Waals surface area contributed by atoms with Gasteiger partial charge < -0.3 is 14.5 Å². The van der Waals surface area contributed by atoms with Gasteiger partial charge in [0.1, 0.15) is 6.61 Å². The normalized spacial score (nSPS) is 11.3. The molecule has 0 spiro atoms. The third kappa shape index (κ3) is 13.5. The van der Waals surface area contributed by atoms with Gasteiger partial charge in [-0.15, -0.1) is 0 Å². The molecule has 112 valence electrons. The predicted molar refractivity (Wildman–Crippen MR) is 67.3 cm³/mol. The number of hydrogen-bond acceptors (Lipinski definition) is 5. The lowest BCUT2D eigenvalue weighted by Crippen LogP contribution is -2.17. The first-order valence-electron chi connectivity index (χ1n) is 6.22. The van der Waals surface area contributed by atoms with Crippen molar-refractivity contribution in [2.75, 3.05) is 13.2 Å². The first-order valence-corrected chi connectivity index (χ1v) is 7.75. The van der Waals surface area contributed by atoms with Crippen molar-refractivity contribution in [3.8, 4) is 0 Å². The van der Waals surface area contributed by atoms with Crippen molar-refractivity contribution in [2.45, 2.75) is 45.4 Å². The number of phosphoric ester groups is 1. The smallest absolute Gasteiger partial charge is 0.458 e. The van der Waals surface area contributed by atoms with Gasteiger partial charge in [-0.05, 0) is 6.42 Å². The Kier molecular flexibility index (Phi) is 9.69. The van der Waals surface area contributed by atoms with Crippen LogP contribution in [0.2, 0.25) is 0 Å². The van der Waals surface area contributed by atoms with Crippen molar-refractivity contribution in [3.63, 3.8) is 0 Å². The van der Waals surface area contributed by atoms with Crippen LogP contribution in [0.15, 0.2) is 0 Å². The molecule has 0 aromatic carbocycles. The van der Waals surface area contributed by atoms with E-state index >= 15 is 0 Å². The molecule has 19 heavy (non-hydrogen) atoms. The molecule has 0 aliphatic heterocycles. The maximum Gasteiger partial charge on any atom is 0.470 e. The highest BCUT2D eigenvalue weighted by molar-refractivity contribution is 7.46. The molecule has 0 rings (SSSR count). The van der Waals surface area contributed by atoms with E-state index < -0.39 is 32.8 Å². The molecule has 0 aliphatic rings. The summed E-state index contributed by atoms with van der Waals surface area (Å²) in [7, 11) is -4.66. The molecule has 0 amide bonds. The van der Waals surface area contributed by atoms with E-state index in [1.54, 1.807) is 0 Å². The lowest BCUT2D eigenvalue weighted by Gasteiger charge is -2.06. The van der Waals surface area contributed by atoms with Gasteiger partial charge in [0.2, 0.25) is 0 Å². The summed E-state index contributed by atoms with van der Waals surface area (Å²) < 4.78 is 18.9. The molecular formula is C11H21O7P. The molecule has 2 N–H and O–H groups in total. The highest BCUT2D eigenvalue weighted by Gasteiger charge is 2.17. The molecule has 0 radical (unpaired) electrons. The summed E-state index contributed by atoms with van der Waals surface area (Å²) in [5, 5.41) is 0. The van der Waals surface area contributed by atoms with Crippen molar-refractivity contribution in [3.05, 3.63) is 0 Å². The van der Waals surface area contributed by atoms with Crippen molar-refractivity contribution < 1.29 is 33.2 Å². The summed E-state index contributed by atoms with van der Waals surface area (Å²) in [5.74, 6) is -1.18. The second-order valence-corrected chi connectivity index (χ2v) is 5.37. The minimum atomic E-state index is -4.66. The van der Waals surface area contributed by atoms with Gasteiger partial charge in [-0.25, -0.2) is 4.57 Å². The van der Waals surface area contributed by atoms with E-state index in [1.165, 1.54) is 0 Å². The van der Waals surface area contributed by atoms with E-state index in [1.807, 2.05) is 0 Å². The Morgan fingerprint density at radius 3 is 2.26 bits per heavy atom. The van der Waals surface area contributed by atoms with Crippen LogP contribution in [0.25, 0.3) is 0 Å². The van der Waals surface area contributed by atoms with E-state index in [2.05, 4.69) is 16.2 Å². The first kappa shape index (κ1) is 18.2. The Labute approximate surface area is 112 Å². The zero-order valence-corrected chi connectivity index (χ0v) is 11.9. The van der Waals surface area contributed by atoms with Crippen molar-refractivity contribution in [1.82, 2.24) is 0 Å². The molecule has 0 bridgehead atoms. The van der Waals surface area contributed by atoms with Crippen LogP contribution in [0.1, 0.15) is 45.4 Å². The summed E-state index contributed by atoms with van der Waals surface area (Å²) in [4.78, 5) is 39.0. The van der Waals surface area contributed by atoms with E-state index in [0.29, 0.717) is 6.42 Å². The predicted octanol–water partition coefficient (Wildman–Crippen LogP) is 1.57. The second kappa shape index (κ2) is 10.1. The SMILES string of the molecule is CCCCCCCC(=O)OCC(=O)COP(=O)(O)O.